The first-order valence-corrected chi connectivity index (χ1v) is 10.1. The maximum absolute atomic E-state index is 12.8. The Morgan fingerprint density at radius 1 is 1.07 bits per heavy atom. The molecule has 4 heteroatoms. The molecule has 28 heavy (non-hydrogen) atoms. The van der Waals surface area contributed by atoms with Crippen molar-refractivity contribution in [3.63, 3.8) is 0 Å². The molecule has 0 spiro atoms. The summed E-state index contributed by atoms with van der Waals surface area (Å²) in [5.74, 6) is 0. The lowest BCUT2D eigenvalue weighted by Gasteiger charge is -2.44. The topological polar surface area (TPSA) is 49.8 Å². The van der Waals surface area contributed by atoms with Crippen LogP contribution in [0.5, 0.6) is 0 Å². The number of rotatable bonds is 3. The number of amides is 1. The Morgan fingerprint density at radius 2 is 1.82 bits per heavy atom. The predicted octanol–water partition coefficient (Wildman–Crippen LogP) is 4.41. The minimum atomic E-state index is -0.862. The fraction of sp³-hybridized carbons (Fsp3) is 0.375. The van der Waals surface area contributed by atoms with Crippen LogP contribution in [0.4, 0.5) is 4.79 Å². The largest absolute Gasteiger partial charge is 0.445 e. The van der Waals surface area contributed by atoms with Crippen LogP contribution in [0.2, 0.25) is 0 Å². The summed E-state index contributed by atoms with van der Waals surface area (Å²) in [6.45, 7) is 0.289. The first-order chi connectivity index (χ1) is 13.6. The molecule has 0 aromatic heterocycles. The normalized spacial score (nSPS) is 27.7. The Hall–Kier alpha value is -2.59. The van der Waals surface area contributed by atoms with Gasteiger partial charge in [-0.25, -0.2) is 4.79 Å². The molecule has 2 aromatic rings. The van der Waals surface area contributed by atoms with Gasteiger partial charge in [0.1, 0.15) is 6.61 Å². The van der Waals surface area contributed by atoms with E-state index in [4.69, 9.17) is 4.74 Å². The lowest BCUT2D eigenvalue weighted by atomic mass is 9.78. The molecule has 2 heterocycles. The number of aliphatic hydroxyl groups is 1. The Labute approximate surface area is 165 Å². The Morgan fingerprint density at radius 3 is 2.57 bits per heavy atom. The van der Waals surface area contributed by atoms with E-state index in [0.717, 1.165) is 30.4 Å². The van der Waals surface area contributed by atoms with Crippen molar-refractivity contribution < 1.29 is 14.6 Å². The summed E-state index contributed by atoms with van der Waals surface area (Å²) in [7, 11) is 0. The molecule has 2 unspecified atom stereocenters. The minimum Gasteiger partial charge on any atom is -0.445 e. The smallest absolute Gasteiger partial charge is 0.410 e. The summed E-state index contributed by atoms with van der Waals surface area (Å²) in [5, 5.41) is 11.6. The second-order valence-corrected chi connectivity index (χ2v) is 8.25. The lowest BCUT2D eigenvalue weighted by molar-refractivity contribution is -0.0541. The Bertz CT molecular complexity index is 907. The maximum Gasteiger partial charge on any atom is 0.410 e. The quantitative estimate of drug-likeness (QED) is 0.865. The molecular formula is C24H25NO3. The SMILES string of the molecule is O=C(OCc1ccccc1)N1C2CCC1CC(O)(c1cccc3c1CC=C3)C2. The summed E-state index contributed by atoms with van der Waals surface area (Å²) in [5.41, 5.74) is 3.63. The van der Waals surface area contributed by atoms with Crippen molar-refractivity contribution in [2.24, 2.45) is 0 Å². The molecule has 2 saturated heterocycles. The van der Waals surface area contributed by atoms with Crippen LogP contribution >= 0.6 is 0 Å². The third-order valence-electron chi connectivity index (χ3n) is 6.52. The fourth-order valence-electron chi connectivity index (χ4n) is 5.27. The summed E-state index contributed by atoms with van der Waals surface area (Å²) in [4.78, 5) is 14.7. The van der Waals surface area contributed by atoms with Crippen LogP contribution in [-0.4, -0.2) is 28.2 Å². The first-order valence-electron chi connectivity index (χ1n) is 10.1. The van der Waals surface area contributed by atoms with Gasteiger partial charge in [0, 0.05) is 24.9 Å². The molecule has 3 aliphatic rings. The van der Waals surface area contributed by atoms with Crippen molar-refractivity contribution in [3.8, 4) is 0 Å². The van der Waals surface area contributed by atoms with Gasteiger partial charge < -0.3 is 14.7 Å². The van der Waals surface area contributed by atoms with E-state index in [0.29, 0.717) is 12.8 Å². The third kappa shape index (κ3) is 2.92. The number of carbonyl (C=O) groups excluding carboxylic acids is 1. The molecule has 2 fully saturated rings. The van der Waals surface area contributed by atoms with Crippen LogP contribution in [-0.2, 0) is 23.4 Å². The van der Waals surface area contributed by atoms with E-state index in [1.807, 2.05) is 41.3 Å². The third-order valence-corrected chi connectivity index (χ3v) is 6.52. The average Bonchev–Trinajstić information content (AvgIpc) is 3.30. The number of piperidine rings is 1. The molecule has 2 aromatic carbocycles. The number of nitrogens with zero attached hydrogens (tertiary/aromatic N) is 1. The average molecular weight is 375 g/mol. The van der Waals surface area contributed by atoms with Crippen molar-refractivity contribution >= 4 is 12.2 Å². The molecule has 2 atom stereocenters. The monoisotopic (exact) mass is 375 g/mol. The highest BCUT2D eigenvalue weighted by atomic mass is 16.6. The van der Waals surface area contributed by atoms with Crippen LogP contribution in [0.15, 0.2) is 54.6 Å². The van der Waals surface area contributed by atoms with Gasteiger partial charge in [-0.2, -0.15) is 0 Å². The van der Waals surface area contributed by atoms with Crippen molar-refractivity contribution in [1.29, 1.82) is 0 Å². The molecule has 2 bridgehead atoms. The molecule has 2 aliphatic heterocycles. The summed E-state index contributed by atoms with van der Waals surface area (Å²) < 4.78 is 5.59. The zero-order chi connectivity index (χ0) is 19.1. The first kappa shape index (κ1) is 17.5. The molecule has 1 aliphatic carbocycles. The lowest BCUT2D eigenvalue weighted by Crippen LogP contribution is -2.52. The van der Waals surface area contributed by atoms with Gasteiger partial charge in [0.25, 0.3) is 0 Å². The number of allylic oxidation sites excluding steroid dienone is 1. The van der Waals surface area contributed by atoms with Gasteiger partial charge in [-0.1, -0.05) is 60.7 Å². The van der Waals surface area contributed by atoms with E-state index in [1.54, 1.807) is 0 Å². The molecule has 5 rings (SSSR count). The van der Waals surface area contributed by atoms with E-state index in [-0.39, 0.29) is 24.8 Å². The van der Waals surface area contributed by atoms with Crippen molar-refractivity contribution in [2.75, 3.05) is 0 Å². The zero-order valence-corrected chi connectivity index (χ0v) is 15.9. The Balaban J connectivity index is 1.32. The van der Waals surface area contributed by atoms with Crippen LogP contribution in [0.3, 0.4) is 0 Å². The summed E-state index contributed by atoms with van der Waals surface area (Å²) in [6, 6.07) is 16.0. The number of fused-ring (bicyclic) bond motifs is 3. The second-order valence-electron chi connectivity index (χ2n) is 8.25. The van der Waals surface area contributed by atoms with Gasteiger partial charge in [-0.3, -0.25) is 0 Å². The molecular weight excluding hydrogens is 350 g/mol. The minimum absolute atomic E-state index is 0.0391. The van der Waals surface area contributed by atoms with Gasteiger partial charge >= 0.3 is 6.09 Å². The fourth-order valence-corrected chi connectivity index (χ4v) is 5.27. The predicted molar refractivity (Wildman–Crippen MR) is 108 cm³/mol. The van der Waals surface area contributed by atoms with E-state index >= 15 is 0 Å². The highest BCUT2D eigenvalue weighted by Crippen LogP contribution is 2.47. The number of ether oxygens (including phenoxy) is 1. The van der Waals surface area contributed by atoms with Gasteiger partial charge in [0.2, 0.25) is 0 Å². The van der Waals surface area contributed by atoms with E-state index in [2.05, 4.69) is 24.3 Å². The number of carbonyl (C=O) groups is 1. The summed E-state index contributed by atoms with van der Waals surface area (Å²) >= 11 is 0. The second kappa shape index (κ2) is 6.78. The maximum atomic E-state index is 12.8. The number of benzene rings is 2. The molecule has 0 radical (unpaired) electrons. The van der Waals surface area contributed by atoms with Crippen LogP contribution in [0, 0.1) is 0 Å². The van der Waals surface area contributed by atoms with Crippen LogP contribution in [0.25, 0.3) is 6.08 Å². The zero-order valence-electron chi connectivity index (χ0n) is 15.9. The molecule has 4 nitrogen and oxygen atoms in total. The van der Waals surface area contributed by atoms with Crippen LogP contribution in [0.1, 0.15) is 47.9 Å². The van der Waals surface area contributed by atoms with E-state index in [9.17, 15) is 9.90 Å². The van der Waals surface area contributed by atoms with E-state index in [1.165, 1.54) is 11.1 Å². The highest BCUT2D eigenvalue weighted by molar-refractivity contribution is 5.69. The standard InChI is InChI=1S/C24H25NO3/c26-23(28-16-17-6-2-1-3-7-17)25-19-12-13-20(25)15-24(27,14-19)22-11-5-9-18-8-4-10-21(18)22/h1-9,11,19-20,27H,10,12-16H2. The number of hydrogen-bond acceptors (Lipinski definition) is 3. The van der Waals surface area contributed by atoms with Gasteiger partial charge in [-0.15, -0.1) is 0 Å². The van der Waals surface area contributed by atoms with Crippen LogP contribution < -0.4 is 0 Å². The van der Waals surface area contributed by atoms with Gasteiger partial charge in [0.05, 0.1) is 5.60 Å². The van der Waals surface area contributed by atoms with Crippen molar-refractivity contribution in [2.45, 2.75) is 56.4 Å². The van der Waals surface area contributed by atoms with E-state index < -0.39 is 5.60 Å². The van der Waals surface area contributed by atoms with Crippen molar-refractivity contribution in [1.82, 2.24) is 4.90 Å². The molecule has 1 amide bonds. The highest BCUT2D eigenvalue weighted by Gasteiger charge is 2.51. The number of hydrogen-bond donors (Lipinski definition) is 1. The molecule has 0 saturated carbocycles. The molecule has 144 valence electrons. The summed E-state index contributed by atoms with van der Waals surface area (Å²) in [6.07, 6.45) is 7.95. The molecule has 1 N–H and O–H groups in total. The van der Waals surface area contributed by atoms with Crippen molar-refractivity contribution in [3.05, 3.63) is 76.9 Å². The Kier molecular flexibility index (Phi) is 4.24. The van der Waals surface area contributed by atoms with Gasteiger partial charge in [0.15, 0.2) is 0 Å². The van der Waals surface area contributed by atoms with Gasteiger partial charge in [-0.05, 0) is 41.5 Å².